The molecular formula is C9H17N3O. The highest BCUT2D eigenvalue weighted by atomic mass is 16.5. The molecule has 0 bridgehead atoms. The summed E-state index contributed by atoms with van der Waals surface area (Å²) in [5.74, 6) is 0. The average molecular weight is 183 g/mol. The van der Waals surface area contributed by atoms with Crippen LogP contribution in [0.2, 0.25) is 0 Å². The fourth-order valence-electron chi connectivity index (χ4n) is 0.980. The van der Waals surface area contributed by atoms with Gasteiger partial charge in [-0.2, -0.15) is 0 Å². The second-order valence-corrected chi connectivity index (χ2v) is 3.14. The number of morpholine rings is 1. The van der Waals surface area contributed by atoms with Crippen molar-refractivity contribution >= 4 is 0 Å². The fraction of sp³-hybridized carbons (Fsp3) is 0.667. The smallest absolute Gasteiger partial charge is 0.0943 e. The maximum Gasteiger partial charge on any atom is 0.0943 e. The maximum atomic E-state index is 5.10. The lowest BCUT2D eigenvalue weighted by Gasteiger charge is -2.21. The number of aromatic nitrogens is 2. The summed E-state index contributed by atoms with van der Waals surface area (Å²) in [7, 11) is 4.05. The van der Waals surface area contributed by atoms with Crippen LogP contribution in [0, 0.1) is 0 Å². The Bertz CT molecular complexity index is 205. The first-order valence-corrected chi connectivity index (χ1v) is 4.47. The summed E-state index contributed by atoms with van der Waals surface area (Å²) in [5.41, 5.74) is 0. The van der Waals surface area contributed by atoms with Gasteiger partial charge in [0.15, 0.2) is 0 Å². The maximum absolute atomic E-state index is 5.10. The van der Waals surface area contributed by atoms with Crippen molar-refractivity contribution in [3.8, 4) is 0 Å². The van der Waals surface area contributed by atoms with Crippen molar-refractivity contribution in [2.75, 3.05) is 33.4 Å². The molecule has 2 rings (SSSR count). The van der Waals surface area contributed by atoms with Crippen molar-refractivity contribution in [3.63, 3.8) is 0 Å². The third kappa shape index (κ3) is 4.65. The zero-order valence-electron chi connectivity index (χ0n) is 8.31. The molecule has 4 nitrogen and oxygen atoms in total. The molecule has 0 radical (unpaired) electrons. The molecule has 0 N–H and O–H groups in total. The molecule has 1 saturated heterocycles. The van der Waals surface area contributed by atoms with Crippen LogP contribution >= 0.6 is 0 Å². The summed E-state index contributed by atoms with van der Waals surface area (Å²) < 4.78 is 6.99. The number of nitrogens with zero attached hydrogens (tertiary/aromatic N) is 3. The van der Waals surface area contributed by atoms with Crippen molar-refractivity contribution in [2.24, 2.45) is 7.05 Å². The monoisotopic (exact) mass is 183 g/mol. The largest absolute Gasteiger partial charge is 0.379 e. The van der Waals surface area contributed by atoms with Gasteiger partial charge in [-0.25, -0.2) is 4.98 Å². The average Bonchev–Trinajstić information content (AvgIpc) is 2.58. The Morgan fingerprint density at radius 2 is 1.92 bits per heavy atom. The molecule has 0 atom stereocenters. The fourth-order valence-corrected chi connectivity index (χ4v) is 0.980. The predicted octanol–water partition coefficient (Wildman–Crippen LogP) is 0.368. The zero-order chi connectivity index (χ0) is 9.52. The van der Waals surface area contributed by atoms with Gasteiger partial charge >= 0.3 is 0 Å². The summed E-state index contributed by atoms with van der Waals surface area (Å²) in [4.78, 5) is 6.05. The Labute approximate surface area is 79.1 Å². The summed E-state index contributed by atoms with van der Waals surface area (Å²) in [6.45, 7) is 4.02. The van der Waals surface area contributed by atoms with E-state index in [1.54, 1.807) is 12.5 Å². The van der Waals surface area contributed by atoms with Crippen LogP contribution in [-0.4, -0.2) is 47.8 Å². The number of hydrogen-bond acceptors (Lipinski definition) is 3. The summed E-state index contributed by atoms with van der Waals surface area (Å²) in [6.07, 6.45) is 5.39. The van der Waals surface area contributed by atoms with Crippen LogP contribution in [0.4, 0.5) is 0 Å². The van der Waals surface area contributed by atoms with Gasteiger partial charge in [-0.1, -0.05) is 0 Å². The van der Waals surface area contributed by atoms with Gasteiger partial charge in [0.2, 0.25) is 0 Å². The Hall–Kier alpha value is -0.870. The number of hydrogen-bond donors (Lipinski definition) is 0. The highest BCUT2D eigenvalue weighted by Gasteiger charge is 2.02. The zero-order valence-corrected chi connectivity index (χ0v) is 8.31. The molecule has 4 heteroatoms. The van der Waals surface area contributed by atoms with Crippen LogP contribution in [0.1, 0.15) is 0 Å². The van der Waals surface area contributed by atoms with E-state index in [4.69, 9.17) is 4.74 Å². The minimum atomic E-state index is 0.913. The molecule has 0 saturated carbocycles. The van der Waals surface area contributed by atoms with Crippen LogP contribution in [0.15, 0.2) is 18.7 Å². The van der Waals surface area contributed by atoms with Gasteiger partial charge in [-0.15, -0.1) is 0 Å². The second-order valence-electron chi connectivity index (χ2n) is 3.14. The first-order valence-electron chi connectivity index (χ1n) is 4.47. The number of likely N-dealkylation sites (N-methyl/N-ethyl adjacent to an activating group) is 1. The van der Waals surface area contributed by atoms with Gasteiger partial charge in [0.1, 0.15) is 0 Å². The van der Waals surface area contributed by atoms with E-state index in [9.17, 15) is 0 Å². The van der Waals surface area contributed by atoms with E-state index in [1.807, 2.05) is 17.8 Å². The van der Waals surface area contributed by atoms with E-state index in [2.05, 4.69) is 16.9 Å². The molecule has 2 heterocycles. The van der Waals surface area contributed by atoms with E-state index in [1.165, 1.54) is 0 Å². The first-order chi connectivity index (χ1) is 6.29. The van der Waals surface area contributed by atoms with Gasteiger partial charge in [0.05, 0.1) is 19.5 Å². The van der Waals surface area contributed by atoms with Crippen LogP contribution in [0.5, 0.6) is 0 Å². The second kappa shape index (κ2) is 5.72. The molecule has 1 aromatic rings. The molecule has 0 unspecified atom stereocenters. The number of ether oxygens (including phenoxy) is 1. The lowest BCUT2D eigenvalue weighted by Crippen LogP contribution is -2.32. The Morgan fingerprint density at radius 1 is 1.23 bits per heavy atom. The summed E-state index contributed by atoms with van der Waals surface area (Å²) in [6, 6.07) is 0. The molecule has 1 aromatic heterocycles. The van der Waals surface area contributed by atoms with Gasteiger partial charge in [0.25, 0.3) is 0 Å². The number of aryl methyl sites for hydroxylation is 1. The van der Waals surface area contributed by atoms with Crippen molar-refractivity contribution < 1.29 is 4.74 Å². The van der Waals surface area contributed by atoms with E-state index in [-0.39, 0.29) is 0 Å². The summed E-state index contributed by atoms with van der Waals surface area (Å²) in [5, 5.41) is 0. The highest BCUT2D eigenvalue weighted by Crippen LogP contribution is 1.89. The van der Waals surface area contributed by atoms with Gasteiger partial charge in [-0.05, 0) is 7.05 Å². The van der Waals surface area contributed by atoms with Crippen LogP contribution in [-0.2, 0) is 11.8 Å². The molecular weight excluding hydrogens is 166 g/mol. The third-order valence-electron chi connectivity index (χ3n) is 1.87. The SMILES string of the molecule is CN1CCOCC1.Cn1ccnc1. The van der Waals surface area contributed by atoms with Crippen LogP contribution < -0.4 is 0 Å². The molecule has 1 aliphatic rings. The van der Waals surface area contributed by atoms with Crippen molar-refractivity contribution in [2.45, 2.75) is 0 Å². The van der Waals surface area contributed by atoms with Crippen molar-refractivity contribution in [3.05, 3.63) is 18.7 Å². The molecule has 1 aliphatic heterocycles. The topological polar surface area (TPSA) is 30.3 Å². The Morgan fingerprint density at radius 3 is 2.15 bits per heavy atom. The molecule has 1 fully saturated rings. The quantitative estimate of drug-likeness (QED) is 0.582. The van der Waals surface area contributed by atoms with Gasteiger partial charge < -0.3 is 14.2 Å². The molecule has 0 amide bonds. The van der Waals surface area contributed by atoms with Crippen molar-refractivity contribution in [1.29, 1.82) is 0 Å². The number of imidazole rings is 1. The lowest BCUT2D eigenvalue weighted by atomic mass is 10.5. The lowest BCUT2D eigenvalue weighted by molar-refractivity contribution is 0.0503. The van der Waals surface area contributed by atoms with E-state index in [0.29, 0.717) is 0 Å². The van der Waals surface area contributed by atoms with Crippen LogP contribution in [0.25, 0.3) is 0 Å². The van der Waals surface area contributed by atoms with Gasteiger partial charge in [-0.3, -0.25) is 0 Å². The Balaban J connectivity index is 0.000000132. The predicted molar refractivity (Wildman–Crippen MR) is 51.5 cm³/mol. The molecule has 13 heavy (non-hydrogen) atoms. The van der Waals surface area contributed by atoms with E-state index >= 15 is 0 Å². The molecule has 74 valence electrons. The Kier molecular flexibility index (Phi) is 4.49. The minimum Gasteiger partial charge on any atom is -0.379 e. The third-order valence-corrected chi connectivity index (χ3v) is 1.87. The van der Waals surface area contributed by atoms with E-state index < -0.39 is 0 Å². The first kappa shape index (κ1) is 10.2. The molecule has 0 spiro atoms. The van der Waals surface area contributed by atoms with Crippen molar-refractivity contribution in [1.82, 2.24) is 14.5 Å². The summed E-state index contributed by atoms with van der Waals surface area (Å²) >= 11 is 0. The van der Waals surface area contributed by atoms with Crippen LogP contribution in [0.3, 0.4) is 0 Å². The normalized spacial score (nSPS) is 17.7. The minimum absolute atomic E-state index is 0.913. The highest BCUT2D eigenvalue weighted by molar-refractivity contribution is 4.70. The molecule has 0 aliphatic carbocycles. The molecule has 0 aromatic carbocycles. The number of rotatable bonds is 0. The standard InChI is InChI=1S/C5H11NO.C4H6N2/c1-6-2-4-7-5-3-6;1-6-3-2-5-4-6/h2-5H2,1H3;2-4H,1H3. The van der Waals surface area contributed by atoms with E-state index in [0.717, 1.165) is 26.3 Å². The van der Waals surface area contributed by atoms with Gasteiger partial charge in [0, 0.05) is 32.5 Å².